The number of hydrogen-bond donors (Lipinski definition) is 2. The molecule has 10 nitrogen and oxygen atoms in total. The summed E-state index contributed by atoms with van der Waals surface area (Å²) in [6.45, 7) is -0.277. The van der Waals surface area contributed by atoms with Crippen LogP contribution in [-0.4, -0.2) is 28.1 Å². The highest BCUT2D eigenvalue weighted by Crippen LogP contribution is 2.27. The number of nitro groups is 1. The summed E-state index contributed by atoms with van der Waals surface area (Å²) in [5, 5.41) is 29.7. The first-order valence-corrected chi connectivity index (χ1v) is 8.80. The molecule has 2 aromatic heterocycles. The van der Waals surface area contributed by atoms with Crippen LogP contribution in [0, 0.1) is 21.4 Å². The van der Waals surface area contributed by atoms with Crippen LogP contribution in [0.25, 0.3) is 23.5 Å². The van der Waals surface area contributed by atoms with Gasteiger partial charge in [0.2, 0.25) is 0 Å². The SMILES string of the molecule is COCc1c([N+](=O)[O-])c(/C=C/c2ccc(-c3ccc(C(=O)O)cc3)o2)[nH]c(=O)c1C#N. The van der Waals surface area contributed by atoms with Gasteiger partial charge in [-0.1, -0.05) is 12.1 Å². The van der Waals surface area contributed by atoms with Gasteiger partial charge in [-0.25, -0.2) is 4.79 Å². The molecule has 0 atom stereocenters. The number of nitriles is 1. The van der Waals surface area contributed by atoms with Gasteiger partial charge in [0.25, 0.3) is 11.2 Å². The van der Waals surface area contributed by atoms with Gasteiger partial charge < -0.3 is 19.2 Å². The fraction of sp³-hybridized carbons (Fsp3) is 0.0952. The Morgan fingerprint density at radius 2 is 2.00 bits per heavy atom. The largest absolute Gasteiger partial charge is 0.478 e. The summed E-state index contributed by atoms with van der Waals surface area (Å²) in [5.41, 5.74) is -1.02. The number of H-pyrrole nitrogens is 1. The van der Waals surface area contributed by atoms with Crippen LogP contribution < -0.4 is 5.56 Å². The van der Waals surface area contributed by atoms with Gasteiger partial charge in [-0.05, 0) is 36.4 Å². The Labute approximate surface area is 174 Å². The van der Waals surface area contributed by atoms with E-state index in [4.69, 9.17) is 14.3 Å². The number of aromatic amines is 1. The van der Waals surface area contributed by atoms with Crippen LogP contribution in [0.4, 0.5) is 5.69 Å². The minimum atomic E-state index is -1.04. The van der Waals surface area contributed by atoms with Crippen LogP contribution in [-0.2, 0) is 11.3 Å². The molecule has 2 N–H and O–H groups in total. The molecule has 0 unspecified atom stereocenters. The summed E-state index contributed by atoms with van der Waals surface area (Å²) < 4.78 is 10.6. The molecule has 10 heteroatoms. The minimum absolute atomic E-state index is 0.107. The highest BCUT2D eigenvalue weighted by atomic mass is 16.6. The van der Waals surface area contributed by atoms with E-state index in [9.17, 15) is 25.0 Å². The maximum Gasteiger partial charge on any atom is 0.335 e. The quantitative estimate of drug-likeness (QED) is 0.433. The third-order valence-electron chi connectivity index (χ3n) is 4.36. The average Bonchev–Trinajstić information content (AvgIpc) is 3.21. The Morgan fingerprint density at radius 1 is 1.29 bits per heavy atom. The molecule has 1 aromatic carbocycles. The maximum absolute atomic E-state index is 12.2. The van der Waals surface area contributed by atoms with Gasteiger partial charge >= 0.3 is 5.97 Å². The van der Waals surface area contributed by atoms with Gasteiger partial charge in [0.05, 0.1) is 22.7 Å². The van der Waals surface area contributed by atoms with E-state index in [0.717, 1.165) is 0 Å². The summed E-state index contributed by atoms with van der Waals surface area (Å²) >= 11 is 0. The second-order valence-electron chi connectivity index (χ2n) is 6.29. The molecule has 0 amide bonds. The molecule has 2 heterocycles. The van der Waals surface area contributed by atoms with Crippen LogP contribution in [0.1, 0.15) is 32.9 Å². The summed E-state index contributed by atoms with van der Waals surface area (Å²) in [6.07, 6.45) is 2.73. The van der Waals surface area contributed by atoms with Crippen molar-refractivity contribution in [1.82, 2.24) is 4.98 Å². The van der Waals surface area contributed by atoms with E-state index < -0.39 is 22.1 Å². The normalized spacial score (nSPS) is 10.8. The van der Waals surface area contributed by atoms with E-state index in [1.807, 2.05) is 0 Å². The van der Waals surface area contributed by atoms with Gasteiger partial charge in [-0.3, -0.25) is 14.9 Å². The van der Waals surface area contributed by atoms with Crippen LogP contribution in [0.3, 0.4) is 0 Å². The molecule has 0 radical (unpaired) electrons. The zero-order valence-corrected chi connectivity index (χ0v) is 16.1. The molecule has 156 valence electrons. The highest BCUT2D eigenvalue weighted by molar-refractivity contribution is 5.88. The summed E-state index contributed by atoms with van der Waals surface area (Å²) in [7, 11) is 1.30. The number of aromatic nitrogens is 1. The number of furan rings is 1. The molecule has 0 aliphatic carbocycles. The van der Waals surface area contributed by atoms with E-state index in [0.29, 0.717) is 17.1 Å². The first kappa shape index (κ1) is 21.2. The molecular formula is C21H15N3O7. The van der Waals surface area contributed by atoms with Crippen LogP contribution >= 0.6 is 0 Å². The number of aromatic carboxylic acids is 1. The zero-order chi connectivity index (χ0) is 22.5. The summed E-state index contributed by atoms with van der Waals surface area (Å²) in [4.78, 5) is 36.3. The Hall–Kier alpha value is -4.49. The second-order valence-corrected chi connectivity index (χ2v) is 6.29. The molecule has 31 heavy (non-hydrogen) atoms. The molecule has 0 aliphatic rings. The van der Waals surface area contributed by atoms with Crippen molar-refractivity contribution in [3.63, 3.8) is 0 Å². The summed E-state index contributed by atoms with van der Waals surface area (Å²) in [5.74, 6) is -0.245. The Balaban J connectivity index is 1.97. The van der Waals surface area contributed by atoms with Crippen molar-refractivity contribution in [2.24, 2.45) is 0 Å². The number of methoxy groups -OCH3 is 1. The Morgan fingerprint density at radius 3 is 2.58 bits per heavy atom. The molecule has 0 saturated heterocycles. The number of carboxylic acids is 1. The van der Waals surface area contributed by atoms with Crippen molar-refractivity contribution in [3.05, 3.63) is 85.0 Å². The Bertz CT molecular complexity index is 1280. The van der Waals surface area contributed by atoms with E-state index in [2.05, 4.69) is 4.98 Å². The van der Waals surface area contributed by atoms with Crippen LogP contribution in [0.15, 0.2) is 45.6 Å². The summed E-state index contributed by atoms with van der Waals surface area (Å²) in [6, 6.07) is 11.0. The van der Waals surface area contributed by atoms with Gasteiger partial charge in [0.15, 0.2) is 0 Å². The first-order chi connectivity index (χ1) is 14.8. The highest BCUT2D eigenvalue weighted by Gasteiger charge is 2.25. The van der Waals surface area contributed by atoms with E-state index in [1.165, 1.54) is 31.4 Å². The lowest BCUT2D eigenvalue weighted by molar-refractivity contribution is -0.386. The lowest BCUT2D eigenvalue weighted by Gasteiger charge is -2.06. The standard InChI is InChI=1S/C21H15N3O7/c1-30-11-16-15(10-22)20(25)23-17(19(16)24(28)29)8-6-14-7-9-18(31-14)12-2-4-13(5-3-12)21(26)27/h2-9H,11H2,1H3,(H,23,25)(H,26,27)/b8-6+. The zero-order valence-electron chi connectivity index (χ0n) is 16.1. The van der Waals surface area contributed by atoms with E-state index in [-0.39, 0.29) is 29.0 Å². The second kappa shape index (κ2) is 8.89. The fourth-order valence-corrected chi connectivity index (χ4v) is 2.93. The van der Waals surface area contributed by atoms with Crippen molar-refractivity contribution in [2.75, 3.05) is 7.11 Å². The number of ether oxygens (including phenoxy) is 1. The van der Waals surface area contributed by atoms with E-state index >= 15 is 0 Å². The predicted octanol–water partition coefficient (Wildman–Crippen LogP) is 3.43. The number of hydrogen-bond acceptors (Lipinski definition) is 7. The Kier molecular flexibility index (Phi) is 6.09. The van der Waals surface area contributed by atoms with Crippen molar-refractivity contribution in [1.29, 1.82) is 5.26 Å². The van der Waals surface area contributed by atoms with Crippen molar-refractivity contribution in [2.45, 2.75) is 6.61 Å². The number of rotatable bonds is 7. The molecule has 0 spiro atoms. The number of benzene rings is 1. The molecule has 0 saturated carbocycles. The number of nitrogens with zero attached hydrogens (tertiary/aromatic N) is 2. The van der Waals surface area contributed by atoms with Crippen molar-refractivity contribution < 1.29 is 24.0 Å². The molecule has 0 bridgehead atoms. The molecule has 0 aliphatic heterocycles. The minimum Gasteiger partial charge on any atom is -0.478 e. The molecular weight excluding hydrogens is 406 g/mol. The number of nitrogens with one attached hydrogen (secondary N) is 1. The number of carbonyl (C=O) groups is 1. The number of pyridine rings is 1. The predicted molar refractivity (Wildman–Crippen MR) is 109 cm³/mol. The third kappa shape index (κ3) is 4.42. The fourth-order valence-electron chi connectivity index (χ4n) is 2.93. The lowest BCUT2D eigenvalue weighted by atomic mass is 10.1. The third-order valence-corrected chi connectivity index (χ3v) is 4.36. The average molecular weight is 421 g/mol. The van der Waals surface area contributed by atoms with Gasteiger partial charge in [-0.2, -0.15) is 5.26 Å². The lowest BCUT2D eigenvalue weighted by Crippen LogP contribution is -2.18. The van der Waals surface area contributed by atoms with Gasteiger partial charge in [-0.15, -0.1) is 0 Å². The van der Waals surface area contributed by atoms with Gasteiger partial charge in [0.1, 0.15) is 28.8 Å². The van der Waals surface area contributed by atoms with Crippen molar-refractivity contribution in [3.8, 4) is 17.4 Å². The molecule has 3 aromatic rings. The van der Waals surface area contributed by atoms with Crippen LogP contribution in [0.5, 0.6) is 0 Å². The topological polar surface area (TPSA) is 159 Å². The van der Waals surface area contributed by atoms with Crippen molar-refractivity contribution >= 4 is 23.8 Å². The molecule has 3 rings (SSSR count). The smallest absolute Gasteiger partial charge is 0.335 e. The van der Waals surface area contributed by atoms with Crippen LogP contribution in [0.2, 0.25) is 0 Å². The number of carboxylic acid groups (broad SMARTS) is 1. The first-order valence-electron chi connectivity index (χ1n) is 8.80. The molecule has 0 fully saturated rings. The van der Waals surface area contributed by atoms with Gasteiger partial charge in [0, 0.05) is 12.7 Å². The van der Waals surface area contributed by atoms with E-state index in [1.54, 1.807) is 30.3 Å². The maximum atomic E-state index is 12.2. The monoisotopic (exact) mass is 421 g/mol.